The van der Waals surface area contributed by atoms with Crippen molar-refractivity contribution in [2.24, 2.45) is 11.8 Å². The molecule has 3 unspecified atom stereocenters. The Morgan fingerprint density at radius 1 is 1.27 bits per heavy atom. The molecule has 0 aliphatic heterocycles. The molecule has 5 heteroatoms. The van der Waals surface area contributed by atoms with Crippen molar-refractivity contribution in [3.63, 3.8) is 0 Å². The maximum Gasteiger partial charge on any atom is 0.186 e. The van der Waals surface area contributed by atoms with E-state index in [4.69, 9.17) is 11.6 Å². The van der Waals surface area contributed by atoms with E-state index < -0.39 is 0 Å². The minimum Gasteiger partial charge on any atom is -0.364 e. The molecule has 1 aliphatic rings. The van der Waals surface area contributed by atoms with Gasteiger partial charge < -0.3 is 5.32 Å². The molecule has 1 N–H and O–H groups in total. The van der Waals surface area contributed by atoms with E-state index in [0.29, 0.717) is 11.2 Å². The van der Waals surface area contributed by atoms with Crippen LogP contribution < -0.4 is 5.32 Å². The number of aromatic nitrogens is 2. The minimum atomic E-state index is 0.506. The molecule has 15 heavy (non-hydrogen) atoms. The third-order valence-corrected chi connectivity index (χ3v) is 4.28. The Morgan fingerprint density at radius 2 is 2.07 bits per heavy atom. The second kappa shape index (κ2) is 4.66. The van der Waals surface area contributed by atoms with E-state index >= 15 is 0 Å². The van der Waals surface area contributed by atoms with E-state index in [-0.39, 0.29) is 0 Å². The number of rotatable bonds is 2. The Morgan fingerprint density at radius 3 is 2.67 bits per heavy atom. The van der Waals surface area contributed by atoms with Crippen molar-refractivity contribution in [3.05, 3.63) is 5.15 Å². The first kappa shape index (κ1) is 11.1. The van der Waals surface area contributed by atoms with Gasteiger partial charge in [-0.1, -0.05) is 25.4 Å². The highest BCUT2D eigenvalue weighted by Gasteiger charge is 2.25. The van der Waals surface area contributed by atoms with Crippen LogP contribution in [0.15, 0.2) is 0 Å². The van der Waals surface area contributed by atoms with Crippen LogP contribution in [0.3, 0.4) is 0 Å². The van der Waals surface area contributed by atoms with Crippen LogP contribution in [0.5, 0.6) is 0 Å². The summed E-state index contributed by atoms with van der Waals surface area (Å²) < 4.78 is 8.09. The molecule has 0 aromatic carbocycles. The average Bonchev–Trinajstić information content (AvgIpc) is 2.59. The zero-order chi connectivity index (χ0) is 10.8. The fraction of sp³-hybridized carbons (Fsp3) is 0.800. The van der Waals surface area contributed by atoms with Gasteiger partial charge in [-0.3, -0.25) is 0 Å². The van der Waals surface area contributed by atoms with Crippen molar-refractivity contribution in [2.75, 3.05) is 5.32 Å². The first-order chi connectivity index (χ1) is 7.16. The van der Waals surface area contributed by atoms with Crippen LogP contribution in [0.2, 0.25) is 5.15 Å². The lowest BCUT2D eigenvalue weighted by atomic mass is 9.79. The van der Waals surface area contributed by atoms with Gasteiger partial charge in [0, 0.05) is 6.04 Å². The topological polar surface area (TPSA) is 37.8 Å². The van der Waals surface area contributed by atoms with E-state index in [9.17, 15) is 0 Å². The third-order valence-electron chi connectivity index (χ3n) is 3.39. The van der Waals surface area contributed by atoms with Crippen molar-refractivity contribution in [1.29, 1.82) is 0 Å². The molecule has 1 aliphatic carbocycles. The van der Waals surface area contributed by atoms with Crippen LogP contribution in [0, 0.1) is 11.8 Å². The Kier molecular flexibility index (Phi) is 3.46. The fourth-order valence-electron chi connectivity index (χ4n) is 2.14. The molecule has 1 heterocycles. The molecule has 84 valence electrons. The molecule has 1 aromatic rings. The number of halogens is 1. The van der Waals surface area contributed by atoms with Crippen molar-refractivity contribution in [2.45, 2.75) is 39.2 Å². The lowest BCUT2D eigenvalue weighted by Gasteiger charge is -2.32. The highest BCUT2D eigenvalue weighted by atomic mass is 35.5. The van der Waals surface area contributed by atoms with Crippen LogP contribution in [0.25, 0.3) is 0 Å². The van der Waals surface area contributed by atoms with Crippen LogP contribution in [0.1, 0.15) is 33.1 Å². The summed E-state index contributed by atoms with van der Waals surface area (Å²) in [6, 6.07) is 0.512. The van der Waals surface area contributed by atoms with Gasteiger partial charge in [0.15, 0.2) is 11.0 Å². The monoisotopic (exact) mass is 245 g/mol. The molecule has 1 saturated carbocycles. The number of anilines is 1. The number of nitrogens with zero attached hydrogens (tertiary/aromatic N) is 2. The van der Waals surface area contributed by atoms with Crippen LogP contribution in [-0.4, -0.2) is 14.8 Å². The maximum atomic E-state index is 5.90. The van der Waals surface area contributed by atoms with Gasteiger partial charge in [-0.05, 0) is 31.1 Å². The largest absolute Gasteiger partial charge is 0.364 e. The Balaban J connectivity index is 1.94. The quantitative estimate of drug-likeness (QED) is 0.868. The summed E-state index contributed by atoms with van der Waals surface area (Å²) in [7, 11) is 0. The number of hydrogen-bond donors (Lipinski definition) is 1. The van der Waals surface area contributed by atoms with Gasteiger partial charge in [-0.2, -0.15) is 8.75 Å². The van der Waals surface area contributed by atoms with Crippen molar-refractivity contribution in [1.82, 2.24) is 8.75 Å². The zero-order valence-corrected chi connectivity index (χ0v) is 10.6. The van der Waals surface area contributed by atoms with Gasteiger partial charge in [0.25, 0.3) is 0 Å². The maximum absolute atomic E-state index is 5.90. The molecular weight excluding hydrogens is 230 g/mol. The van der Waals surface area contributed by atoms with Gasteiger partial charge in [-0.15, -0.1) is 0 Å². The van der Waals surface area contributed by atoms with E-state index in [1.807, 2.05) is 0 Å². The molecule has 3 nitrogen and oxygen atoms in total. The van der Waals surface area contributed by atoms with E-state index in [1.165, 1.54) is 19.3 Å². The molecule has 1 aromatic heterocycles. The first-order valence-electron chi connectivity index (χ1n) is 5.41. The summed E-state index contributed by atoms with van der Waals surface area (Å²) in [6.45, 7) is 4.65. The summed E-state index contributed by atoms with van der Waals surface area (Å²) in [5.41, 5.74) is 0. The first-order valence-corrected chi connectivity index (χ1v) is 6.52. The molecule has 2 rings (SSSR count). The normalized spacial score (nSPS) is 31.5. The van der Waals surface area contributed by atoms with Crippen molar-refractivity contribution in [3.8, 4) is 0 Å². The summed E-state index contributed by atoms with van der Waals surface area (Å²) >= 11 is 7.06. The molecule has 0 saturated heterocycles. The van der Waals surface area contributed by atoms with Gasteiger partial charge in [-0.25, -0.2) is 0 Å². The zero-order valence-electron chi connectivity index (χ0n) is 9.03. The smallest absolute Gasteiger partial charge is 0.186 e. The summed E-state index contributed by atoms with van der Waals surface area (Å²) in [6.07, 6.45) is 3.70. The average molecular weight is 246 g/mol. The van der Waals surface area contributed by atoms with Crippen LogP contribution in [-0.2, 0) is 0 Å². The van der Waals surface area contributed by atoms with E-state index in [0.717, 1.165) is 29.4 Å². The van der Waals surface area contributed by atoms with Gasteiger partial charge in [0.05, 0.1) is 11.7 Å². The van der Waals surface area contributed by atoms with Crippen molar-refractivity contribution < 1.29 is 0 Å². The Hall–Kier alpha value is -0.350. The van der Waals surface area contributed by atoms with Crippen LogP contribution >= 0.6 is 23.3 Å². The summed E-state index contributed by atoms with van der Waals surface area (Å²) in [4.78, 5) is 0. The molecule has 0 amide bonds. The predicted octanol–water partition coefficient (Wildman–Crippen LogP) is 3.43. The fourth-order valence-corrected chi connectivity index (χ4v) is 2.80. The van der Waals surface area contributed by atoms with E-state index in [2.05, 4.69) is 27.9 Å². The Labute approximate surface area is 99.6 Å². The highest BCUT2D eigenvalue weighted by Crippen LogP contribution is 2.31. The lowest BCUT2D eigenvalue weighted by Crippen LogP contribution is -2.30. The SMILES string of the molecule is CC1CCC(Nc2nsnc2Cl)CC1C. The molecule has 0 spiro atoms. The second-order valence-corrected chi connectivity index (χ2v) is 5.40. The highest BCUT2D eigenvalue weighted by molar-refractivity contribution is 6.99. The standard InChI is InChI=1S/C10H16ClN3S/c1-6-3-4-8(5-7(6)2)12-10-9(11)13-15-14-10/h6-8H,3-5H2,1-2H3,(H,12,14). The second-order valence-electron chi connectivity index (χ2n) is 4.51. The molecule has 3 atom stereocenters. The van der Waals surface area contributed by atoms with Crippen molar-refractivity contribution >= 4 is 29.1 Å². The number of nitrogens with one attached hydrogen (secondary N) is 1. The number of hydrogen-bond acceptors (Lipinski definition) is 4. The van der Waals surface area contributed by atoms with Gasteiger partial charge in [0.1, 0.15) is 0 Å². The van der Waals surface area contributed by atoms with Crippen LogP contribution in [0.4, 0.5) is 5.82 Å². The van der Waals surface area contributed by atoms with Gasteiger partial charge >= 0.3 is 0 Å². The predicted molar refractivity (Wildman–Crippen MR) is 64.5 cm³/mol. The third kappa shape index (κ3) is 2.61. The van der Waals surface area contributed by atoms with Gasteiger partial charge in [0.2, 0.25) is 0 Å². The minimum absolute atomic E-state index is 0.506. The molecule has 0 bridgehead atoms. The van der Waals surface area contributed by atoms with E-state index in [1.54, 1.807) is 0 Å². The Bertz CT molecular complexity index is 328. The summed E-state index contributed by atoms with van der Waals surface area (Å²) in [5, 5.41) is 3.89. The molecular formula is C10H16ClN3S. The molecule has 0 radical (unpaired) electrons. The summed E-state index contributed by atoms with van der Waals surface area (Å²) in [5.74, 6) is 2.38. The lowest BCUT2D eigenvalue weighted by molar-refractivity contribution is 0.260. The molecule has 1 fully saturated rings.